The van der Waals surface area contributed by atoms with Gasteiger partial charge in [-0.05, 0) is 66.2 Å². The second-order valence-electron chi connectivity index (χ2n) is 5.34. The number of hydrogen-bond donors (Lipinski definition) is 0. The summed E-state index contributed by atoms with van der Waals surface area (Å²) in [4.78, 5) is 3.90. The van der Waals surface area contributed by atoms with Crippen LogP contribution in [0, 0.1) is 5.92 Å². The molecule has 0 unspecified atom stereocenters. The van der Waals surface area contributed by atoms with E-state index in [1.807, 2.05) is 12.1 Å². The van der Waals surface area contributed by atoms with Crippen LogP contribution in [0.3, 0.4) is 0 Å². The van der Waals surface area contributed by atoms with Crippen molar-refractivity contribution in [2.24, 2.45) is 10.9 Å². The van der Waals surface area contributed by atoms with Crippen molar-refractivity contribution < 1.29 is 0 Å². The lowest BCUT2D eigenvalue weighted by Crippen LogP contribution is -1.87. The molecule has 106 valence electrons. The predicted octanol–water partition coefficient (Wildman–Crippen LogP) is 6.35. The third-order valence-corrected chi connectivity index (χ3v) is 4.35. The van der Waals surface area contributed by atoms with Crippen molar-refractivity contribution in [1.82, 2.24) is 0 Å². The molecular weight excluding hydrogens is 321 g/mol. The number of halogens is 2. The van der Waals surface area contributed by atoms with E-state index in [1.54, 1.807) is 0 Å². The van der Waals surface area contributed by atoms with Crippen LogP contribution in [-0.2, 0) is 6.42 Å². The molecule has 1 aliphatic rings. The Morgan fingerprint density at radius 3 is 2.19 bits per heavy atom. The molecule has 2 aromatic carbocycles. The molecule has 0 atom stereocenters. The van der Waals surface area contributed by atoms with Crippen LogP contribution in [0.5, 0.6) is 0 Å². The summed E-state index contributed by atoms with van der Waals surface area (Å²) in [6.45, 7) is 0. The maximum absolute atomic E-state index is 6.21. The zero-order valence-corrected chi connectivity index (χ0v) is 13.6. The average molecular weight is 334 g/mol. The van der Waals surface area contributed by atoms with Crippen LogP contribution in [0.4, 0.5) is 5.69 Å². The molecule has 4 heteroatoms. The molecule has 0 heterocycles. The molecule has 2 aromatic rings. The van der Waals surface area contributed by atoms with Crippen molar-refractivity contribution in [3.8, 4) is 11.1 Å². The van der Waals surface area contributed by atoms with Crippen molar-refractivity contribution in [3.63, 3.8) is 0 Å². The Labute approximate surface area is 139 Å². The molecule has 0 aliphatic heterocycles. The minimum atomic E-state index is 0.474. The summed E-state index contributed by atoms with van der Waals surface area (Å²) in [5, 5.41) is 3.26. The Bertz CT molecular complexity index is 691. The lowest BCUT2D eigenvalue weighted by atomic mass is 10.0. The fourth-order valence-corrected chi connectivity index (χ4v) is 3.04. The molecule has 21 heavy (non-hydrogen) atoms. The molecule has 0 saturated heterocycles. The predicted molar refractivity (Wildman–Crippen MR) is 93.0 cm³/mol. The quantitative estimate of drug-likeness (QED) is 0.469. The van der Waals surface area contributed by atoms with E-state index in [9.17, 15) is 0 Å². The van der Waals surface area contributed by atoms with Crippen molar-refractivity contribution in [3.05, 3.63) is 52.0 Å². The summed E-state index contributed by atoms with van der Waals surface area (Å²) < 4.78 is 0. The highest BCUT2D eigenvalue weighted by atomic mass is 35.5. The van der Waals surface area contributed by atoms with Gasteiger partial charge in [0.2, 0.25) is 0 Å². The topological polar surface area (TPSA) is 12.4 Å². The Hall–Kier alpha value is -1.18. The van der Waals surface area contributed by atoms with Gasteiger partial charge < -0.3 is 0 Å². The monoisotopic (exact) mass is 333 g/mol. The molecule has 1 aliphatic carbocycles. The molecule has 0 N–H and O–H groups in total. The number of rotatable bonds is 4. The Balaban J connectivity index is 1.90. The zero-order chi connectivity index (χ0) is 14.8. The molecule has 0 aromatic heterocycles. The summed E-state index contributed by atoms with van der Waals surface area (Å²) in [7, 11) is 0. The van der Waals surface area contributed by atoms with Crippen LogP contribution in [0.15, 0.2) is 41.4 Å². The van der Waals surface area contributed by atoms with E-state index >= 15 is 0 Å². The summed E-state index contributed by atoms with van der Waals surface area (Å²) in [5.74, 6) is 0.895. The Morgan fingerprint density at radius 2 is 1.67 bits per heavy atom. The van der Waals surface area contributed by atoms with E-state index in [0.717, 1.165) is 17.0 Å². The molecule has 0 radical (unpaired) electrons. The first-order valence-electron chi connectivity index (χ1n) is 6.83. The number of aliphatic imine (C=N–C) groups is 1. The van der Waals surface area contributed by atoms with Gasteiger partial charge >= 0.3 is 0 Å². The molecule has 0 amide bonds. The average Bonchev–Trinajstić information content (AvgIpc) is 3.27. The van der Waals surface area contributed by atoms with Crippen LogP contribution >= 0.6 is 35.4 Å². The number of hydrogen-bond acceptors (Lipinski definition) is 2. The molecule has 1 nitrogen and oxygen atoms in total. The van der Waals surface area contributed by atoms with Gasteiger partial charge in [-0.3, -0.25) is 0 Å². The number of benzene rings is 2. The van der Waals surface area contributed by atoms with Gasteiger partial charge in [-0.15, -0.1) is 0 Å². The second kappa shape index (κ2) is 6.29. The summed E-state index contributed by atoms with van der Waals surface area (Å²) in [6.07, 6.45) is 3.92. The summed E-state index contributed by atoms with van der Waals surface area (Å²) >= 11 is 17.0. The van der Waals surface area contributed by atoms with Gasteiger partial charge in [0, 0.05) is 0 Å². The van der Waals surface area contributed by atoms with E-state index in [0.29, 0.717) is 15.7 Å². The first kappa shape index (κ1) is 14.7. The van der Waals surface area contributed by atoms with Gasteiger partial charge in [0.15, 0.2) is 0 Å². The molecule has 0 bridgehead atoms. The zero-order valence-electron chi connectivity index (χ0n) is 11.3. The van der Waals surface area contributed by atoms with Crippen molar-refractivity contribution >= 4 is 46.3 Å². The normalized spacial score (nSPS) is 13.8. The molecule has 3 rings (SSSR count). The highest BCUT2D eigenvalue weighted by Crippen LogP contribution is 2.38. The van der Waals surface area contributed by atoms with Crippen LogP contribution in [0.2, 0.25) is 10.0 Å². The van der Waals surface area contributed by atoms with E-state index in [2.05, 4.69) is 46.6 Å². The SMILES string of the molecule is S=C=Nc1c(Cl)cc(-c2ccc(CC3CC3)cc2)cc1Cl. The standard InChI is InChI=1S/C17H13Cl2NS/c18-15-8-14(9-16(19)17(15)20-10-21)13-5-3-12(4-6-13)7-11-1-2-11/h3-6,8-9,11H,1-2,7H2. The fourth-order valence-electron chi connectivity index (χ4n) is 2.37. The molecular formula is C17H13Cl2NS. The largest absolute Gasteiger partial charge is 0.192 e. The summed E-state index contributed by atoms with van der Waals surface area (Å²) in [6, 6.07) is 12.3. The van der Waals surface area contributed by atoms with E-state index in [4.69, 9.17) is 23.2 Å². The number of nitrogens with zero attached hydrogens (tertiary/aromatic N) is 1. The Morgan fingerprint density at radius 1 is 1.05 bits per heavy atom. The highest BCUT2D eigenvalue weighted by molar-refractivity contribution is 7.78. The van der Waals surface area contributed by atoms with Gasteiger partial charge in [-0.2, -0.15) is 4.99 Å². The highest BCUT2D eigenvalue weighted by Gasteiger charge is 2.21. The van der Waals surface area contributed by atoms with Gasteiger partial charge in [0.05, 0.1) is 15.2 Å². The minimum Gasteiger partial charge on any atom is -0.192 e. The lowest BCUT2D eigenvalue weighted by molar-refractivity contribution is 0.832. The van der Waals surface area contributed by atoms with Crippen molar-refractivity contribution in [2.45, 2.75) is 19.3 Å². The van der Waals surface area contributed by atoms with Crippen LogP contribution in [0.1, 0.15) is 18.4 Å². The molecule has 1 fully saturated rings. The van der Waals surface area contributed by atoms with Crippen LogP contribution in [-0.4, -0.2) is 5.16 Å². The fraction of sp³-hybridized carbons (Fsp3) is 0.235. The summed E-state index contributed by atoms with van der Waals surface area (Å²) in [5.41, 5.74) is 3.94. The van der Waals surface area contributed by atoms with Crippen molar-refractivity contribution in [2.75, 3.05) is 0 Å². The van der Waals surface area contributed by atoms with Gasteiger partial charge in [-0.1, -0.05) is 47.5 Å². The van der Waals surface area contributed by atoms with Crippen LogP contribution < -0.4 is 0 Å². The third kappa shape index (κ3) is 3.53. The second-order valence-corrected chi connectivity index (χ2v) is 6.33. The first-order valence-corrected chi connectivity index (χ1v) is 8.00. The van der Waals surface area contributed by atoms with Crippen LogP contribution in [0.25, 0.3) is 11.1 Å². The maximum atomic E-state index is 6.21. The smallest absolute Gasteiger partial charge is 0.111 e. The van der Waals surface area contributed by atoms with Gasteiger partial charge in [0.1, 0.15) is 5.69 Å². The first-order chi connectivity index (χ1) is 10.2. The third-order valence-electron chi connectivity index (χ3n) is 3.68. The van der Waals surface area contributed by atoms with Gasteiger partial charge in [-0.25, -0.2) is 0 Å². The number of isothiocyanates is 1. The number of thiocarbonyl (C=S) groups is 1. The minimum absolute atomic E-state index is 0.474. The lowest BCUT2D eigenvalue weighted by Gasteiger charge is -2.07. The van der Waals surface area contributed by atoms with Crippen molar-refractivity contribution in [1.29, 1.82) is 0 Å². The van der Waals surface area contributed by atoms with Gasteiger partial charge in [0.25, 0.3) is 0 Å². The maximum Gasteiger partial charge on any atom is 0.111 e. The van der Waals surface area contributed by atoms with E-state index in [1.165, 1.54) is 24.8 Å². The van der Waals surface area contributed by atoms with E-state index < -0.39 is 0 Å². The molecule has 0 spiro atoms. The molecule has 1 saturated carbocycles. The Kier molecular flexibility index (Phi) is 4.42. The van der Waals surface area contributed by atoms with E-state index in [-0.39, 0.29) is 0 Å².